The fraction of sp³-hybridized carbons (Fsp3) is 0.257. The number of carbonyl (C=O) groups excluding carboxylic acids is 2. The quantitative estimate of drug-likeness (QED) is 0.156. The van der Waals surface area contributed by atoms with Crippen molar-refractivity contribution in [3.63, 3.8) is 0 Å². The first-order valence-electron chi connectivity index (χ1n) is 14.8. The number of benzene rings is 4. The monoisotopic (exact) mass is 699 g/mol. The van der Waals surface area contributed by atoms with Gasteiger partial charge in [0.05, 0.1) is 10.6 Å². The van der Waals surface area contributed by atoms with Crippen LogP contribution in [0.25, 0.3) is 0 Å². The predicted octanol–water partition coefficient (Wildman–Crippen LogP) is 7.63. The third-order valence-electron chi connectivity index (χ3n) is 7.49. The Balaban J connectivity index is 1.84. The van der Waals surface area contributed by atoms with Crippen LogP contribution in [0.2, 0.25) is 15.1 Å². The summed E-state index contributed by atoms with van der Waals surface area (Å²) >= 11 is 19.0. The van der Waals surface area contributed by atoms with E-state index in [1.807, 2.05) is 44.2 Å². The minimum atomic E-state index is -4.24. The summed E-state index contributed by atoms with van der Waals surface area (Å²) in [5, 5.41) is 4.09. The van der Waals surface area contributed by atoms with Crippen LogP contribution in [0.4, 0.5) is 5.69 Å². The summed E-state index contributed by atoms with van der Waals surface area (Å²) in [4.78, 5) is 29.8. The zero-order valence-electron chi connectivity index (χ0n) is 25.8. The number of rotatable bonds is 13. The Hall–Kier alpha value is -3.56. The fourth-order valence-electron chi connectivity index (χ4n) is 5.00. The summed E-state index contributed by atoms with van der Waals surface area (Å²) in [6.07, 6.45) is 0.886. The molecule has 0 saturated carbocycles. The van der Waals surface area contributed by atoms with Crippen LogP contribution in [0.1, 0.15) is 35.6 Å². The molecule has 0 aromatic heterocycles. The lowest BCUT2D eigenvalue weighted by atomic mass is 10.0. The van der Waals surface area contributed by atoms with Crippen molar-refractivity contribution in [2.75, 3.05) is 17.4 Å². The molecule has 2 amide bonds. The van der Waals surface area contributed by atoms with Gasteiger partial charge >= 0.3 is 0 Å². The zero-order chi connectivity index (χ0) is 33.4. The van der Waals surface area contributed by atoms with E-state index in [4.69, 9.17) is 34.8 Å². The van der Waals surface area contributed by atoms with Gasteiger partial charge in [0, 0.05) is 34.6 Å². The van der Waals surface area contributed by atoms with Crippen LogP contribution in [-0.2, 0) is 32.6 Å². The second-order valence-corrected chi connectivity index (χ2v) is 14.2. The Labute approximate surface area is 286 Å². The van der Waals surface area contributed by atoms with Gasteiger partial charge in [-0.15, -0.1) is 0 Å². The molecule has 1 unspecified atom stereocenters. The number of carbonyl (C=O) groups is 2. The van der Waals surface area contributed by atoms with Crippen LogP contribution in [0.15, 0.2) is 95.9 Å². The zero-order valence-corrected chi connectivity index (χ0v) is 28.9. The smallest absolute Gasteiger partial charge is 0.264 e. The Bertz CT molecular complexity index is 1790. The highest BCUT2D eigenvalue weighted by Crippen LogP contribution is 2.30. The molecule has 0 aliphatic heterocycles. The molecule has 4 rings (SSSR count). The number of hydrogen-bond donors (Lipinski definition) is 1. The Morgan fingerprint density at radius 3 is 2.13 bits per heavy atom. The lowest BCUT2D eigenvalue weighted by molar-refractivity contribution is -0.140. The minimum absolute atomic E-state index is 0.0223. The number of hydrogen-bond acceptors (Lipinski definition) is 4. The molecule has 0 saturated heterocycles. The van der Waals surface area contributed by atoms with Crippen molar-refractivity contribution in [3.05, 3.63) is 128 Å². The van der Waals surface area contributed by atoms with Crippen LogP contribution >= 0.6 is 34.8 Å². The second kappa shape index (κ2) is 15.8. The van der Waals surface area contributed by atoms with E-state index >= 15 is 0 Å². The summed E-state index contributed by atoms with van der Waals surface area (Å²) in [7, 11) is -4.24. The third-order valence-corrected chi connectivity index (χ3v) is 10.1. The van der Waals surface area contributed by atoms with Gasteiger partial charge < -0.3 is 10.2 Å². The van der Waals surface area contributed by atoms with Crippen LogP contribution in [0, 0.1) is 13.8 Å². The average molecular weight is 701 g/mol. The Morgan fingerprint density at radius 1 is 0.848 bits per heavy atom. The molecule has 11 heteroatoms. The molecule has 0 spiro atoms. The van der Waals surface area contributed by atoms with Crippen LogP contribution in [0.3, 0.4) is 0 Å². The van der Waals surface area contributed by atoms with E-state index in [0.29, 0.717) is 39.2 Å². The van der Waals surface area contributed by atoms with Crippen molar-refractivity contribution in [2.45, 2.75) is 51.1 Å². The largest absolute Gasteiger partial charge is 0.354 e. The molecular formula is C35H36Cl3N3O4S. The number of anilines is 1. The molecular weight excluding hydrogens is 665 g/mol. The highest BCUT2D eigenvalue weighted by atomic mass is 35.5. The van der Waals surface area contributed by atoms with Crippen molar-refractivity contribution in [1.82, 2.24) is 10.2 Å². The molecule has 0 aliphatic carbocycles. The second-order valence-electron chi connectivity index (χ2n) is 11.0. The lowest BCUT2D eigenvalue weighted by Crippen LogP contribution is -2.53. The lowest BCUT2D eigenvalue weighted by Gasteiger charge is -2.34. The summed E-state index contributed by atoms with van der Waals surface area (Å²) in [6, 6.07) is 24.5. The predicted molar refractivity (Wildman–Crippen MR) is 186 cm³/mol. The van der Waals surface area contributed by atoms with E-state index in [2.05, 4.69) is 5.32 Å². The number of halogens is 3. The molecule has 0 bridgehead atoms. The molecule has 46 heavy (non-hydrogen) atoms. The van der Waals surface area contributed by atoms with Crippen molar-refractivity contribution in [2.24, 2.45) is 0 Å². The van der Waals surface area contributed by atoms with Crippen molar-refractivity contribution in [3.8, 4) is 0 Å². The van der Waals surface area contributed by atoms with Gasteiger partial charge in [-0.05, 0) is 79.4 Å². The van der Waals surface area contributed by atoms with Crippen molar-refractivity contribution < 1.29 is 18.0 Å². The van der Waals surface area contributed by atoms with Gasteiger partial charge in [0.25, 0.3) is 10.0 Å². The summed E-state index contributed by atoms with van der Waals surface area (Å²) in [5.74, 6) is -0.955. The van der Waals surface area contributed by atoms with Gasteiger partial charge in [-0.25, -0.2) is 8.42 Å². The average Bonchev–Trinajstić information content (AvgIpc) is 3.02. The number of sulfonamides is 1. The Morgan fingerprint density at radius 2 is 1.50 bits per heavy atom. The molecule has 1 N–H and O–H groups in total. The molecule has 4 aromatic rings. The van der Waals surface area contributed by atoms with Crippen LogP contribution in [0.5, 0.6) is 0 Å². The van der Waals surface area contributed by atoms with Crippen LogP contribution in [-0.4, -0.2) is 44.3 Å². The first-order valence-corrected chi connectivity index (χ1v) is 17.4. The SMILES string of the molecule is CCCNC(=O)C(Cc1ccccc1)N(Cc1ccc(Cl)cc1Cl)C(=O)CN(c1ccc(Cl)cc1C)S(=O)(=O)c1ccc(C)cc1. The maximum Gasteiger partial charge on any atom is 0.264 e. The van der Waals surface area contributed by atoms with E-state index in [0.717, 1.165) is 15.4 Å². The van der Waals surface area contributed by atoms with Crippen LogP contribution < -0.4 is 9.62 Å². The van der Waals surface area contributed by atoms with Crippen molar-refractivity contribution >= 4 is 62.3 Å². The van der Waals surface area contributed by atoms with Gasteiger partial charge in [-0.3, -0.25) is 13.9 Å². The first-order chi connectivity index (χ1) is 21.9. The maximum absolute atomic E-state index is 14.6. The van der Waals surface area contributed by atoms with Gasteiger partial charge in [0.2, 0.25) is 11.8 Å². The van der Waals surface area contributed by atoms with Gasteiger partial charge in [-0.2, -0.15) is 0 Å². The van der Waals surface area contributed by atoms with E-state index in [1.165, 1.54) is 17.0 Å². The number of aryl methyl sites for hydroxylation is 2. The van der Waals surface area contributed by atoms with E-state index < -0.39 is 28.5 Å². The fourth-order valence-corrected chi connectivity index (χ4v) is 7.18. The minimum Gasteiger partial charge on any atom is -0.354 e. The molecule has 242 valence electrons. The number of nitrogens with zero attached hydrogens (tertiary/aromatic N) is 2. The highest BCUT2D eigenvalue weighted by molar-refractivity contribution is 7.92. The molecule has 7 nitrogen and oxygen atoms in total. The third kappa shape index (κ3) is 8.82. The topological polar surface area (TPSA) is 86.8 Å². The molecule has 0 radical (unpaired) electrons. The molecule has 0 aliphatic rings. The highest BCUT2D eigenvalue weighted by Gasteiger charge is 2.35. The number of nitrogens with one attached hydrogen (secondary N) is 1. The molecule has 0 fully saturated rings. The summed E-state index contributed by atoms with van der Waals surface area (Å²) < 4.78 is 29.5. The normalized spacial score (nSPS) is 12.0. The summed E-state index contributed by atoms with van der Waals surface area (Å²) in [6.45, 7) is 5.28. The molecule has 1 atom stereocenters. The molecule has 0 heterocycles. The standard InChI is InChI=1S/C35H36Cl3N3O4S/c1-4-18-39-35(43)33(20-26-8-6-5-7-9-26)40(22-27-12-13-29(37)21-31(27)38)34(42)23-41(32-17-14-28(36)19-25(32)3)46(44,45)30-15-10-24(2)11-16-30/h5-17,19,21,33H,4,18,20,22-23H2,1-3H3,(H,39,43). The van der Waals surface area contributed by atoms with Gasteiger partial charge in [-0.1, -0.05) is 95.8 Å². The van der Waals surface area contributed by atoms with E-state index in [9.17, 15) is 18.0 Å². The molecule has 4 aromatic carbocycles. The van der Waals surface area contributed by atoms with Gasteiger partial charge in [0.1, 0.15) is 12.6 Å². The van der Waals surface area contributed by atoms with Gasteiger partial charge in [0.15, 0.2) is 0 Å². The van der Waals surface area contributed by atoms with Crippen molar-refractivity contribution in [1.29, 1.82) is 0 Å². The van der Waals surface area contributed by atoms with E-state index in [-0.39, 0.29) is 29.5 Å². The maximum atomic E-state index is 14.6. The summed E-state index contributed by atoms with van der Waals surface area (Å²) in [5.41, 5.74) is 3.12. The Kier molecular flexibility index (Phi) is 12.1. The van der Waals surface area contributed by atoms with E-state index in [1.54, 1.807) is 55.5 Å². The first kappa shape index (κ1) is 35.3. The number of amides is 2.